The number of piperidine rings is 2. The van der Waals surface area contributed by atoms with Crippen molar-refractivity contribution in [2.45, 2.75) is 101 Å². The first-order chi connectivity index (χ1) is 25.1. The van der Waals surface area contributed by atoms with E-state index in [0.717, 1.165) is 18.6 Å². The van der Waals surface area contributed by atoms with Crippen molar-refractivity contribution in [3.63, 3.8) is 0 Å². The van der Waals surface area contributed by atoms with E-state index >= 15 is 0 Å². The Balaban J connectivity index is 1.45. The van der Waals surface area contributed by atoms with E-state index < -0.39 is 52.8 Å². The number of carboxylic acids is 1. The topological polar surface area (TPSA) is 109 Å². The van der Waals surface area contributed by atoms with E-state index in [1.54, 1.807) is 4.90 Å². The quantitative estimate of drug-likeness (QED) is 0.130. The van der Waals surface area contributed by atoms with Crippen LogP contribution in [0.3, 0.4) is 0 Å². The second-order valence-electron chi connectivity index (χ2n) is 13.8. The molecule has 288 valence electrons. The van der Waals surface area contributed by atoms with Crippen LogP contribution in [0, 0.1) is 0 Å². The van der Waals surface area contributed by atoms with Gasteiger partial charge in [0.05, 0.1) is 12.6 Å². The number of hydrogen-bond donors (Lipinski definition) is 1. The van der Waals surface area contributed by atoms with Gasteiger partial charge in [0.2, 0.25) is 11.5 Å². The highest BCUT2D eigenvalue weighted by Gasteiger charge is 2.56. The minimum atomic E-state index is -4.63. The third kappa shape index (κ3) is 9.64. The van der Waals surface area contributed by atoms with Gasteiger partial charge in [0.15, 0.2) is 0 Å². The van der Waals surface area contributed by atoms with Gasteiger partial charge in [-0.2, -0.15) is 13.2 Å². The molecule has 2 aliphatic rings. The number of nitrogens with zero attached hydrogens (tertiary/aromatic N) is 3. The molecule has 0 aliphatic carbocycles. The summed E-state index contributed by atoms with van der Waals surface area (Å²) in [5, 5.41) is 10.2. The Morgan fingerprint density at radius 1 is 1.06 bits per heavy atom. The second-order valence-corrected chi connectivity index (χ2v) is 14.7. The zero-order valence-electron chi connectivity index (χ0n) is 29.7. The van der Waals surface area contributed by atoms with Crippen LogP contribution in [0.25, 0.3) is 0 Å². The number of benzene rings is 1. The highest BCUT2D eigenvalue weighted by molar-refractivity contribution is 7.10. The summed E-state index contributed by atoms with van der Waals surface area (Å²) < 4.78 is 81.8. The number of para-hydroxylation sites is 1. The van der Waals surface area contributed by atoms with Gasteiger partial charge in [-0.3, -0.25) is 19.4 Å². The number of thiophene rings is 1. The number of aromatic nitrogens is 1. The van der Waals surface area contributed by atoms with Gasteiger partial charge in [-0.15, -0.1) is 11.3 Å². The van der Waals surface area contributed by atoms with E-state index in [4.69, 9.17) is 14.6 Å². The van der Waals surface area contributed by atoms with Crippen molar-refractivity contribution < 1.29 is 50.9 Å². The van der Waals surface area contributed by atoms with Crippen LogP contribution in [0.15, 0.2) is 54.0 Å². The van der Waals surface area contributed by atoms with E-state index in [0.29, 0.717) is 55.9 Å². The first-order valence-electron chi connectivity index (χ1n) is 17.8. The smallest absolute Gasteiger partial charge is 0.425 e. The molecule has 2 unspecified atom stereocenters. The Morgan fingerprint density at radius 2 is 1.79 bits per heavy atom. The number of carbonyl (C=O) groups excluding carboxylic acids is 2. The zero-order chi connectivity index (χ0) is 38.4. The van der Waals surface area contributed by atoms with Crippen molar-refractivity contribution in [1.82, 2.24) is 14.8 Å². The van der Waals surface area contributed by atoms with E-state index in [9.17, 15) is 36.3 Å². The third-order valence-electron chi connectivity index (χ3n) is 9.73. The Hall–Kier alpha value is -4.27. The molecular weight excluding hydrogens is 721 g/mol. The maximum atomic E-state index is 14.9. The molecule has 15 heteroatoms. The second kappa shape index (κ2) is 16.8. The Kier molecular flexibility index (Phi) is 12.7. The van der Waals surface area contributed by atoms with Gasteiger partial charge < -0.3 is 24.4 Å². The predicted molar refractivity (Wildman–Crippen MR) is 188 cm³/mol. The van der Waals surface area contributed by atoms with E-state index in [2.05, 4.69) is 4.98 Å². The molecule has 2 atom stereocenters. The number of carbonyl (C=O) groups is 3. The lowest BCUT2D eigenvalue weighted by atomic mass is 9.79. The van der Waals surface area contributed by atoms with E-state index in [1.807, 2.05) is 31.2 Å². The van der Waals surface area contributed by atoms with Crippen LogP contribution in [-0.4, -0.2) is 81.5 Å². The van der Waals surface area contributed by atoms with Gasteiger partial charge in [-0.05, 0) is 68.2 Å². The lowest BCUT2D eigenvalue weighted by Gasteiger charge is -2.50. The molecule has 0 saturated carbocycles. The number of likely N-dealkylation sites (tertiary alicyclic amines) is 2. The predicted octanol–water partition coefficient (Wildman–Crippen LogP) is 8.23. The van der Waals surface area contributed by atoms with Gasteiger partial charge in [0.25, 0.3) is 11.8 Å². The van der Waals surface area contributed by atoms with E-state index in [1.165, 1.54) is 28.6 Å². The number of pyridine rings is 1. The molecule has 2 fully saturated rings. The molecule has 2 aliphatic heterocycles. The van der Waals surface area contributed by atoms with E-state index in [-0.39, 0.29) is 61.8 Å². The third-order valence-corrected chi connectivity index (χ3v) is 10.7. The van der Waals surface area contributed by atoms with Crippen molar-refractivity contribution >= 4 is 29.1 Å². The molecule has 1 N–H and O–H groups in total. The summed E-state index contributed by atoms with van der Waals surface area (Å²) in [6.07, 6.45) is -1.49. The van der Waals surface area contributed by atoms with Crippen molar-refractivity contribution in [1.29, 1.82) is 0 Å². The number of carboxylic acid groups (broad SMARTS) is 1. The highest BCUT2D eigenvalue weighted by atomic mass is 32.1. The minimum Gasteiger partial charge on any atom is -0.493 e. The Morgan fingerprint density at radius 3 is 2.45 bits per heavy atom. The normalized spacial score (nSPS) is 19.9. The molecule has 3 aromatic rings. The first-order valence-corrected chi connectivity index (χ1v) is 18.7. The summed E-state index contributed by atoms with van der Waals surface area (Å²) >= 11 is 0.447. The molecule has 9 nitrogen and oxygen atoms in total. The molecule has 2 amide bonds. The van der Waals surface area contributed by atoms with Crippen LogP contribution < -0.4 is 9.47 Å². The molecule has 2 saturated heterocycles. The molecule has 5 rings (SSSR count). The summed E-state index contributed by atoms with van der Waals surface area (Å²) in [4.78, 5) is 46.5. The first kappa shape index (κ1) is 39.9. The summed E-state index contributed by atoms with van der Waals surface area (Å²) in [5.41, 5.74) is -0.960. The van der Waals surface area contributed by atoms with Crippen LogP contribution in [0.2, 0.25) is 0 Å². The number of ether oxygens (including phenoxy) is 2. The van der Waals surface area contributed by atoms with Gasteiger partial charge in [0, 0.05) is 56.5 Å². The molecule has 4 heterocycles. The standard InChI is InChI=1S/C38H44F5N3O6S/c1-3-9-30-37(52-27-22-31(53-24-27)38(41,42)43,16-8-18-46(30)34(49)33-26(10-6-17-44-33)23-36(2,39)40)35(50)45-19-14-25(15-20-45)28-11-4-5-12-29(28)51-21-7-13-32(47)48/h4-6,10-12,17,22,24-25,30H,3,7-9,13-16,18-21,23H2,1-2H3,(H,47,48). The number of hydrogen-bond acceptors (Lipinski definition) is 7. The molecule has 0 radical (unpaired) electrons. The Labute approximate surface area is 309 Å². The van der Waals surface area contributed by atoms with Gasteiger partial charge in [-0.25, -0.2) is 8.78 Å². The van der Waals surface area contributed by atoms with Gasteiger partial charge >= 0.3 is 12.1 Å². The molecule has 0 spiro atoms. The molecular formula is C38H44F5N3O6S. The van der Waals surface area contributed by atoms with Crippen LogP contribution in [-0.2, 0) is 22.2 Å². The fraction of sp³-hybridized carbons (Fsp3) is 0.526. The number of amides is 2. The van der Waals surface area contributed by atoms with Crippen molar-refractivity contribution in [2.24, 2.45) is 0 Å². The summed E-state index contributed by atoms with van der Waals surface area (Å²) in [5.74, 6) is -4.63. The number of rotatable bonds is 14. The van der Waals surface area contributed by atoms with Crippen LogP contribution in [0.5, 0.6) is 11.5 Å². The lowest BCUT2D eigenvalue weighted by Crippen LogP contribution is -2.68. The molecule has 0 bridgehead atoms. The lowest BCUT2D eigenvalue weighted by molar-refractivity contribution is -0.160. The Bertz CT molecular complexity index is 1740. The number of halogens is 5. The molecule has 2 aromatic heterocycles. The average Bonchev–Trinajstić information content (AvgIpc) is 3.59. The fourth-order valence-electron chi connectivity index (χ4n) is 7.40. The van der Waals surface area contributed by atoms with Crippen LogP contribution >= 0.6 is 11.3 Å². The van der Waals surface area contributed by atoms with Crippen molar-refractivity contribution in [3.8, 4) is 11.5 Å². The van der Waals surface area contributed by atoms with Gasteiger partial charge in [-0.1, -0.05) is 37.6 Å². The minimum absolute atomic E-state index is 0.00736. The maximum absolute atomic E-state index is 14.9. The molecule has 53 heavy (non-hydrogen) atoms. The number of aliphatic carboxylic acids is 1. The van der Waals surface area contributed by atoms with Gasteiger partial charge in [0.1, 0.15) is 22.1 Å². The maximum Gasteiger partial charge on any atom is 0.425 e. The fourth-order valence-corrected chi connectivity index (χ4v) is 8.07. The average molecular weight is 766 g/mol. The summed E-state index contributed by atoms with van der Waals surface area (Å²) in [6.45, 7) is 3.59. The zero-order valence-corrected chi connectivity index (χ0v) is 30.5. The molecule has 1 aromatic carbocycles. The SMILES string of the molecule is CCCC1N(C(=O)c2ncccc2CC(C)(F)F)CCCC1(Oc1csc(C(F)(F)F)c1)C(=O)N1CCC(c2ccccc2OCCCC(=O)O)CC1. The van der Waals surface area contributed by atoms with Crippen molar-refractivity contribution in [2.75, 3.05) is 26.2 Å². The monoisotopic (exact) mass is 765 g/mol. The largest absolute Gasteiger partial charge is 0.493 e. The number of alkyl halides is 5. The summed E-state index contributed by atoms with van der Waals surface area (Å²) in [6, 6.07) is 10.3. The van der Waals surface area contributed by atoms with Crippen LogP contribution in [0.1, 0.15) is 97.6 Å². The van der Waals surface area contributed by atoms with Crippen molar-refractivity contribution in [3.05, 3.63) is 75.7 Å². The summed E-state index contributed by atoms with van der Waals surface area (Å²) in [7, 11) is 0. The van der Waals surface area contributed by atoms with Crippen LogP contribution in [0.4, 0.5) is 22.0 Å². The highest BCUT2D eigenvalue weighted by Crippen LogP contribution is 2.43.